The van der Waals surface area contributed by atoms with Gasteiger partial charge in [0.2, 0.25) is 0 Å². The van der Waals surface area contributed by atoms with E-state index in [1.807, 2.05) is 0 Å². The van der Waals surface area contributed by atoms with Crippen molar-refractivity contribution >= 4 is 0 Å². The Morgan fingerprint density at radius 1 is 0.857 bits per heavy atom. The molecule has 0 aliphatic heterocycles. The maximum absolute atomic E-state index is 10.0. The number of benzene rings is 2. The van der Waals surface area contributed by atoms with Gasteiger partial charge in [0.05, 0.1) is 14.2 Å². The van der Waals surface area contributed by atoms with Crippen LogP contribution in [0.5, 0.6) is 28.7 Å². The maximum Gasteiger partial charge on any atom is 0.164 e. The molecule has 2 aromatic rings. The second-order valence-electron chi connectivity index (χ2n) is 4.66. The van der Waals surface area contributed by atoms with Gasteiger partial charge in [-0.25, -0.2) is 0 Å². The first-order valence-electron chi connectivity index (χ1n) is 6.50. The number of ether oxygens (including phenoxy) is 2. The minimum Gasteiger partial charge on any atom is -0.508 e. The molecule has 2 rings (SSSR count). The van der Waals surface area contributed by atoms with E-state index in [-0.39, 0.29) is 23.0 Å². The molecule has 0 radical (unpaired) electrons. The molecule has 0 amide bonds. The van der Waals surface area contributed by atoms with Crippen LogP contribution >= 0.6 is 0 Å². The predicted molar refractivity (Wildman–Crippen MR) is 78.4 cm³/mol. The quantitative estimate of drug-likeness (QED) is 0.738. The molecule has 0 spiro atoms. The largest absolute Gasteiger partial charge is 0.508 e. The van der Waals surface area contributed by atoms with E-state index in [1.165, 1.54) is 26.4 Å². The van der Waals surface area contributed by atoms with Gasteiger partial charge in [-0.3, -0.25) is 0 Å². The Morgan fingerprint density at radius 2 is 1.57 bits per heavy atom. The van der Waals surface area contributed by atoms with Gasteiger partial charge >= 0.3 is 0 Å². The lowest BCUT2D eigenvalue weighted by Gasteiger charge is -2.11. The van der Waals surface area contributed by atoms with Crippen molar-refractivity contribution < 1.29 is 24.8 Å². The van der Waals surface area contributed by atoms with E-state index in [1.54, 1.807) is 18.2 Å². The molecule has 112 valence electrons. The Balaban J connectivity index is 2.18. The Hall–Kier alpha value is -2.56. The van der Waals surface area contributed by atoms with Crippen LogP contribution < -0.4 is 9.47 Å². The molecule has 0 unspecified atom stereocenters. The normalized spacial score (nSPS) is 10.4. The molecule has 0 aliphatic carbocycles. The zero-order chi connectivity index (χ0) is 15.4. The van der Waals surface area contributed by atoms with Crippen molar-refractivity contribution in [3.8, 4) is 28.7 Å². The Morgan fingerprint density at radius 3 is 2.24 bits per heavy atom. The molecule has 0 heterocycles. The summed E-state index contributed by atoms with van der Waals surface area (Å²) in [5.74, 6) is 0.811. The summed E-state index contributed by atoms with van der Waals surface area (Å²) in [7, 11) is 2.92. The molecule has 3 N–H and O–H groups in total. The molecule has 0 saturated heterocycles. The SMILES string of the molecule is COc1cc(CCc2cc(O)cc(OC)c2O)ccc1O. The first-order valence-corrected chi connectivity index (χ1v) is 6.50. The van der Waals surface area contributed by atoms with Crippen LogP contribution in [-0.4, -0.2) is 29.5 Å². The maximum atomic E-state index is 10.0. The van der Waals surface area contributed by atoms with Gasteiger partial charge in [-0.2, -0.15) is 0 Å². The van der Waals surface area contributed by atoms with Crippen LogP contribution in [0.4, 0.5) is 0 Å². The van der Waals surface area contributed by atoms with Crippen LogP contribution in [0.1, 0.15) is 11.1 Å². The smallest absolute Gasteiger partial charge is 0.164 e. The highest BCUT2D eigenvalue weighted by Gasteiger charge is 2.11. The average Bonchev–Trinajstić information content (AvgIpc) is 2.49. The lowest BCUT2D eigenvalue weighted by molar-refractivity contribution is 0.365. The van der Waals surface area contributed by atoms with Gasteiger partial charge in [0.25, 0.3) is 0 Å². The minimum absolute atomic E-state index is 0.0287. The molecule has 21 heavy (non-hydrogen) atoms. The fourth-order valence-electron chi connectivity index (χ4n) is 2.15. The lowest BCUT2D eigenvalue weighted by atomic mass is 10.0. The standard InChI is InChI=1S/C16H18O5/c1-20-14-7-10(4-6-13(14)18)3-5-11-8-12(17)9-15(21-2)16(11)19/h4,6-9,17-19H,3,5H2,1-2H3. The summed E-state index contributed by atoms with van der Waals surface area (Å²) in [5, 5.41) is 29.2. The van der Waals surface area contributed by atoms with E-state index in [0.29, 0.717) is 24.2 Å². The van der Waals surface area contributed by atoms with Crippen molar-refractivity contribution in [2.45, 2.75) is 12.8 Å². The van der Waals surface area contributed by atoms with Crippen LogP contribution in [-0.2, 0) is 12.8 Å². The second kappa shape index (κ2) is 6.26. The molecule has 0 saturated carbocycles. The number of phenols is 3. The Bertz CT molecular complexity index is 637. The van der Waals surface area contributed by atoms with Gasteiger partial charge in [-0.1, -0.05) is 6.07 Å². The van der Waals surface area contributed by atoms with E-state index in [2.05, 4.69) is 0 Å². The van der Waals surface area contributed by atoms with Crippen LogP contribution in [0.2, 0.25) is 0 Å². The van der Waals surface area contributed by atoms with E-state index >= 15 is 0 Å². The van der Waals surface area contributed by atoms with Crippen molar-refractivity contribution in [3.63, 3.8) is 0 Å². The Kier molecular flexibility index (Phi) is 4.42. The summed E-state index contributed by atoms with van der Waals surface area (Å²) >= 11 is 0. The zero-order valence-electron chi connectivity index (χ0n) is 12.0. The van der Waals surface area contributed by atoms with Gasteiger partial charge in [0, 0.05) is 11.6 Å². The fraction of sp³-hybridized carbons (Fsp3) is 0.250. The van der Waals surface area contributed by atoms with Gasteiger partial charge in [-0.15, -0.1) is 0 Å². The van der Waals surface area contributed by atoms with E-state index < -0.39 is 0 Å². The minimum atomic E-state index is 0.0287. The van der Waals surface area contributed by atoms with Crippen molar-refractivity contribution in [2.75, 3.05) is 14.2 Å². The summed E-state index contributed by atoms with van der Waals surface area (Å²) in [6.07, 6.45) is 1.14. The molecule has 5 heteroatoms. The van der Waals surface area contributed by atoms with Crippen LogP contribution in [0.3, 0.4) is 0 Å². The Labute approximate surface area is 123 Å². The van der Waals surface area contributed by atoms with E-state index in [9.17, 15) is 15.3 Å². The van der Waals surface area contributed by atoms with E-state index in [0.717, 1.165) is 5.56 Å². The van der Waals surface area contributed by atoms with Gasteiger partial charge < -0.3 is 24.8 Å². The highest BCUT2D eigenvalue weighted by Crippen LogP contribution is 2.35. The highest BCUT2D eigenvalue weighted by atomic mass is 16.5. The van der Waals surface area contributed by atoms with Crippen molar-refractivity contribution in [2.24, 2.45) is 0 Å². The summed E-state index contributed by atoms with van der Waals surface area (Å²) in [6.45, 7) is 0. The molecule has 5 nitrogen and oxygen atoms in total. The van der Waals surface area contributed by atoms with Gasteiger partial charge in [0.15, 0.2) is 23.0 Å². The number of hydrogen-bond donors (Lipinski definition) is 3. The summed E-state index contributed by atoms with van der Waals surface area (Å²) < 4.78 is 10.1. The molecule has 0 aliphatic rings. The molecule has 0 bridgehead atoms. The lowest BCUT2D eigenvalue weighted by Crippen LogP contribution is -1.95. The first kappa shape index (κ1) is 14.8. The fourth-order valence-corrected chi connectivity index (χ4v) is 2.15. The first-order chi connectivity index (χ1) is 10.0. The third-order valence-corrected chi connectivity index (χ3v) is 3.29. The van der Waals surface area contributed by atoms with Crippen LogP contribution in [0, 0.1) is 0 Å². The van der Waals surface area contributed by atoms with Crippen molar-refractivity contribution in [3.05, 3.63) is 41.5 Å². The molecule has 0 atom stereocenters. The van der Waals surface area contributed by atoms with E-state index in [4.69, 9.17) is 9.47 Å². The number of hydrogen-bond acceptors (Lipinski definition) is 5. The number of phenolic OH excluding ortho intramolecular Hbond substituents is 3. The van der Waals surface area contributed by atoms with Crippen LogP contribution in [0.25, 0.3) is 0 Å². The van der Waals surface area contributed by atoms with Crippen molar-refractivity contribution in [1.82, 2.24) is 0 Å². The number of rotatable bonds is 5. The average molecular weight is 290 g/mol. The third-order valence-electron chi connectivity index (χ3n) is 3.29. The molecule has 2 aromatic carbocycles. The summed E-state index contributed by atoms with van der Waals surface area (Å²) in [5.41, 5.74) is 1.55. The molecular formula is C16H18O5. The topological polar surface area (TPSA) is 79.2 Å². The summed E-state index contributed by atoms with van der Waals surface area (Å²) in [4.78, 5) is 0. The monoisotopic (exact) mass is 290 g/mol. The second-order valence-corrected chi connectivity index (χ2v) is 4.66. The molecule has 0 fully saturated rings. The number of aromatic hydroxyl groups is 3. The van der Waals surface area contributed by atoms with Crippen LogP contribution in [0.15, 0.2) is 30.3 Å². The number of methoxy groups -OCH3 is 2. The zero-order valence-corrected chi connectivity index (χ0v) is 12.0. The predicted octanol–water partition coefficient (Wildman–Crippen LogP) is 2.61. The van der Waals surface area contributed by atoms with Gasteiger partial charge in [0.1, 0.15) is 5.75 Å². The van der Waals surface area contributed by atoms with Gasteiger partial charge in [-0.05, 0) is 36.6 Å². The highest BCUT2D eigenvalue weighted by molar-refractivity contribution is 5.51. The van der Waals surface area contributed by atoms with Crippen molar-refractivity contribution in [1.29, 1.82) is 0 Å². The molecule has 0 aromatic heterocycles. The summed E-state index contributed by atoms with van der Waals surface area (Å²) in [6, 6.07) is 7.97. The molecular weight excluding hydrogens is 272 g/mol. The third kappa shape index (κ3) is 3.31. The number of aryl methyl sites for hydroxylation is 2.